The Morgan fingerprint density at radius 2 is 0.644 bits per heavy atom. The molecule has 0 radical (unpaired) electrons. The first-order chi connectivity index (χ1) is 57.2. The van der Waals surface area contributed by atoms with Crippen LogP contribution in [0.2, 0.25) is 25.4 Å². The Labute approximate surface area is 708 Å². The first kappa shape index (κ1) is 80.9. The summed E-state index contributed by atoms with van der Waals surface area (Å²) in [5.41, 5.74) is 13.8. The van der Waals surface area contributed by atoms with Crippen LogP contribution in [0.25, 0.3) is 87.2 Å². The SMILES string of the molecule is Clc1nc2ccccc2nc1Cc1ccc2ccccc2c1.Clc1nc2ccccc2nc1Cc1cccc2ccccc12.NS(=O)(=O)c1ccc(Cl)cc1.O=S(=O)(Nc1nc2ccccc2nc1Cc1cccc2ccccc12)c1ccc(Cl)cc1.O=S(Nc1nc2ccccc2nc1Cc1ccc2ccccc2c1)c1cccc(Cl)c1. The Hall–Kier alpha value is -12.2. The maximum atomic E-state index is 13.0. The molecule has 0 aliphatic carbocycles. The molecule has 4 heterocycles. The minimum absolute atomic E-state index is 0.0712. The fourth-order valence-electron chi connectivity index (χ4n) is 13.2. The van der Waals surface area contributed by atoms with Gasteiger partial charge >= 0.3 is 0 Å². The third-order valence-electron chi connectivity index (χ3n) is 19.0. The van der Waals surface area contributed by atoms with Crippen molar-refractivity contribution < 1.29 is 21.0 Å². The number of sulfonamides is 2. The summed E-state index contributed by atoms with van der Waals surface area (Å²) in [5, 5.41) is 16.8. The van der Waals surface area contributed by atoms with Crippen LogP contribution in [0.4, 0.5) is 11.6 Å². The second-order valence-electron chi connectivity index (χ2n) is 27.1. The zero-order valence-electron chi connectivity index (χ0n) is 62.5. The number of para-hydroxylation sites is 8. The molecule has 0 aliphatic heterocycles. The zero-order chi connectivity index (χ0) is 81.7. The molecule has 0 bridgehead atoms. The van der Waals surface area contributed by atoms with E-state index in [0.717, 1.165) is 72.1 Å². The molecule has 0 spiro atoms. The number of halogens is 5. The van der Waals surface area contributed by atoms with Gasteiger partial charge < -0.3 is 0 Å². The van der Waals surface area contributed by atoms with E-state index in [9.17, 15) is 21.0 Å². The predicted octanol–water partition coefficient (Wildman–Crippen LogP) is 23.0. The average Bonchev–Trinajstić information content (AvgIpc) is 0.786. The van der Waals surface area contributed by atoms with E-state index in [1.54, 1.807) is 36.4 Å². The van der Waals surface area contributed by atoms with E-state index in [-0.39, 0.29) is 15.6 Å². The van der Waals surface area contributed by atoms with E-state index in [0.29, 0.717) is 78.5 Å². The van der Waals surface area contributed by atoms with Crippen molar-refractivity contribution in [1.29, 1.82) is 0 Å². The van der Waals surface area contributed by atoms with Crippen LogP contribution in [0, 0.1) is 0 Å². The summed E-state index contributed by atoms with van der Waals surface area (Å²) in [6, 6.07) is 108. The highest BCUT2D eigenvalue weighted by atomic mass is 35.5. The Bertz CT molecular complexity index is 7190. The number of anilines is 2. The minimum atomic E-state index is -3.87. The Morgan fingerprint density at radius 3 is 1.10 bits per heavy atom. The van der Waals surface area contributed by atoms with Gasteiger partial charge in [-0.15, -0.1) is 0 Å². The maximum Gasteiger partial charge on any atom is 0.263 e. The summed E-state index contributed by atoms with van der Waals surface area (Å²) in [7, 11) is -8.96. The van der Waals surface area contributed by atoms with Crippen molar-refractivity contribution in [2.75, 3.05) is 9.44 Å². The van der Waals surface area contributed by atoms with Gasteiger partial charge in [-0.05, 0) is 181 Å². The lowest BCUT2D eigenvalue weighted by atomic mass is 10.0. The number of nitrogens with one attached hydrogen (secondary N) is 2. The molecule has 0 saturated carbocycles. The van der Waals surface area contributed by atoms with Gasteiger partial charge in [0.2, 0.25) is 10.0 Å². The summed E-state index contributed by atoms with van der Waals surface area (Å²) in [5.74, 6) is 0.719. The van der Waals surface area contributed by atoms with Gasteiger partial charge in [-0.2, -0.15) is 0 Å². The van der Waals surface area contributed by atoms with E-state index in [4.69, 9.17) is 78.1 Å². The number of fused-ring (bicyclic) bond motifs is 8. The highest BCUT2D eigenvalue weighted by Gasteiger charge is 2.21. The van der Waals surface area contributed by atoms with E-state index in [1.807, 2.05) is 140 Å². The van der Waals surface area contributed by atoms with Crippen molar-refractivity contribution in [3.8, 4) is 0 Å². The number of primary sulfonamides is 1. The third-order valence-corrected chi connectivity index (χ3v) is 23.7. The van der Waals surface area contributed by atoms with Crippen LogP contribution in [0.5, 0.6) is 0 Å². The van der Waals surface area contributed by atoms with Crippen LogP contribution < -0.4 is 14.6 Å². The lowest BCUT2D eigenvalue weighted by molar-refractivity contribution is 0.597. The highest BCUT2D eigenvalue weighted by molar-refractivity contribution is 7.92. The number of aromatic nitrogens is 8. The number of nitrogens with zero attached hydrogens (tertiary/aromatic N) is 8. The monoisotopic (exact) mass is 1700 g/mol. The predicted molar refractivity (Wildman–Crippen MR) is 482 cm³/mol. The van der Waals surface area contributed by atoms with Crippen molar-refractivity contribution >= 4 is 188 Å². The molecular formula is C94H68Cl5N11O5S3. The summed E-state index contributed by atoms with van der Waals surface area (Å²) >= 11 is 30.1. The van der Waals surface area contributed by atoms with Crippen LogP contribution in [-0.2, 0) is 56.7 Å². The van der Waals surface area contributed by atoms with Gasteiger partial charge in [-0.25, -0.2) is 66.1 Å². The second kappa shape index (κ2) is 36.9. The second-order valence-corrected chi connectivity index (χ2v) is 33.6. The van der Waals surface area contributed by atoms with Crippen molar-refractivity contribution in [3.63, 3.8) is 0 Å². The standard InChI is InChI=1S/C25H18ClN3O2S.C25H18ClN3OS.2C19H13ClN2.C6H6ClNO2S/c26-19-12-14-20(15-13-19)32(30,31)29-25-24(27-22-10-3-4-11-23(22)28-25)16-18-8-5-7-17-6-1-2-9-21(17)18;26-20-8-5-9-21(16-20)31(30)29-25-24(27-22-10-3-4-11-23(22)28-25)15-17-12-13-18-6-1-2-7-19(18)14-17;20-19-18(21-16-10-3-4-11-17(16)22-19)12-14-8-5-7-13-6-1-2-9-15(13)14;20-19-18(21-16-7-3-4-8-17(16)22-19)12-13-9-10-14-5-1-2-6-15(14)11-13;7-5-1-3-6(4-2-5)11(8,9)10/h1-15H,16H2,(H,28,29);1-14,16H,15H2,(H,28,29);2*1-11H,12H2;1-4H,(H2,8,9,10). The Morgan fingerprint density at radius 1 is 0.297 bits per heavy atom. The molecule has 0 fully saturated rings. The number of benzene rings is 15. The largest absolute Gasteiger partial charge is 0.284 e. The van der Waals surface area contributed by atoms with Crippen LogP contribution in [0.15, 0.2) is 354 Å². The molecule has 1 unspecified atom stereocenters. The molecule has 0 saturated heterocycles. The van der Waals surface area contributed by atoms with Crippen LogP contribution in [0.3, 0.4) is 0 Å². The van der Waals surface area contributed by atoms with Crippen LogP contribution >= 0.6 is 58.0 Å². The number of rotatable bonds is 15. The summed E-state index contributed by atoms with van der Waals surface area (Å²) in [4.78, 5) is 37.9. The third kappa shape index (κ3) is 20.2. The molecule has 16 nitrogen and oxygen atoms in total. The van der Waals surface area contributed by atoms with Crippen molar-refractivity contribution in [1.82, 2.24) is 39.9 Å². The normalized spacial score (nSPS) is 11.6. The van der Waals surface area contributed by atoms with Crippen molar-refractivity contribution in [2.24, 2.45) is 5.14 Å². The maximum absolute atomic E-state index is 13.0. The smallest absolute Gasteiger partial charge is 0.263 e. The first-order valence-electron chi connectivity index (χ1n) is 37.0. The zero-order valence-corrected chi connectivity index (χ0v) is 68.7. The van der Waals surface area contributed by atoms with Gasteiger partial charge in [0.15, 0.2) is 32.9 Å². The van der Waals surface area contributed by atoms with Crippen molar-refractivity contribution in [3.05, 3.63) is 410 Å². The first-order valence-corrected chi connectivity index (χ1v) is 43.1. The van der Waals surface area contributed by atoms with E-state index in [2.05, 4.69) is 162 Å². The van der Waals surface area contributed by atoms with E-state index >= 15 is 0 Å². The molecule has 0 amide bonds. The van der Waals surface area contributed by atoms with E-state index in [1.165, 1.54) is 79.8 Å². The molecular weight excluding hydrogens is 1640 g/mol. The molecule has 4 N–H and O–H groups in total. The summed E-state index contributed by atoms with van der Waals surface area (Å²) in [6.45, 7) is 0. The van der Waals surface area contributed by atoms with Gasteiger partial charge in [-0.1, -0.05) is 282 Å². The number of hydrogen-bond donors (Lipinski definition) is 3. The Balaban J connectivity index is 0.000000119. The average molecular weight is 1710 g/mol. The molecule has 19 rings (SSSR count). The molecule has 118 heavy (non-hydrogen) atoms. The van der Waals surface area contributed by atoms with Crippen LogP contribution in [0.1, 0.15) is 45.0 Å². The molecule has 582 valence electrons. The van der Waals surface area contributed by atoms with Gasteiger partial charge in [0.1, 0.15) is 0 Å². The molecule has 0 aliphatic rings. The van der Waals surface area contributed by atoms with E-state index < -0.39 is 31.0 Å². The molecule has 24 heteroatoms. The fourth-order valence-corrected chi connectivity index (χ4v) is 16.6. The van der Waals surface area contributed by atoms with Gasteiger partial charge in [-0.3, -0.25) is 9.44 Å². The van der Waals surface area contributed by atoms with Gasteiger partial charge in [0.25, 0.3) is 10.0 Å². The molecule has 15 aromatic carbocycles. The van der Waals surface area contributed by atoms with Gasteiger partial charge in [0, 0.05) is 40.8 Å². The van der Waals surface area contributed by atoms with Gasteiger partial charge in [0.05, 0.1) is 81.6 Å². The summed E-state index contributed by atoms with van der Waals surface area (Å²) in [6.07, 6.45) is 2.36. The topological polar surface area (TPSA) is 239 Å². The Kier molecular flexibility index (Phi) is 25.3. The highest BCUT2D eigenvalue weighted by Crippen LogP contribution is 2.32. The lowest BCUT2D eigenvalue weighted by Gasteiger charge is -2.14. The van der Waals surface area contributed by atoms with Crippen molar-refractivity contribution in [2.45, 2.75) is 40.4 Å². The lowest BCUT2D eigenvalue weighted by Crippen LogP contribution is -2.16. The number of hydrogen-bond acceptors (Lipinski definition) is 13. The molecule has 19 aromatic rings. The summed E-state index contributed by atoms with van der Waals surface area (Å²) < 4.78 is 66.1. The molecule has 1 atom stereocenters. The quantitative estimate of drug-likeness (QED) is 0.0867. The fraction of sp³-hybridized carbons (Fsp3) is 0.0426. The minimum Gasteiger partial charge on any atom is -0.284 e. The molecule has 4 aromatic heterocycles. The van der Waals surface area contributed by atoms with Crippen LogP contribution in [-0.4, -0.2) is 60.9 Å². The number of nitrogens with two attached hydrogens (primary N) is 1.